The average molecular weight is 278 g/mol. The lowest BCUT2D eigenvalue weighted by atomic mass is 10.2. The molecule has 0 aliphatic rings. The maximum absolute atomic E-state index is 12.4. The monoisotopic (exact) mass is 278 g/mol. The highest BCUT2D eigenvalue weighted by Gasteiger charge is 2.23. The molecular weight excluding hydrogens is 264 g/mol. The molecule has 2 rings (SSSR count). The van der Waals surface area contributed by atoms with Gasteiger partial charge in [0, 0.05) is 11.9 Å². The largest absolute Gasteiger partial charge is 0.351 e. The van der Waals surface area contributed by atoms with Crippen molar-refractivity contribution in [2.45, 2.75) is 23.6 Å². The molecule has 0 atom stereocenters. The van der Waals surface area contributed by atoms with Crippen LogP contribution in [0.1, 0.15) is 11.3 Å². The van der Waals surface area contributed by atoms with Crippen LogP contribution in [0, 0.1) is 13.8 Å². The molecule has 0 aliphatic heterocycles. The highest BCUT2D eigenvalue weighted by molar-refractivity contribution is 7.91. The van der Waals surface area contributed by atoms with Crippen molar-refractivity contribution < 1.29 is 13.2 Å². The van der Waals surface area contributed by atoms with E-state index >= 15 is 0 Å². The topological polar surface area (TPSA) is 82.2 Å². The summed E-state index contributed by atoms with van der Waals surface area (Å²) in [5.74, 6) is 0. The lowest BCUT2D eigenvalue weighted by Gasteiger charge is -2.06. The Hall–Kier alpha value is -2.08. The molecule has 5 nitrogen and oxygen atoms in total. The maximum Gasteiger partial charge on any atom is 0.323 e. The van der Waals surface area contributed by atoms with Crippen molar-refractivity contribution in [1.29, 1.82) is 0 Å². The molecule has 0 unspecified atom stereocenters. The van der Waals surface area contributed by atoms with Gasteiger partial charge in [-0.05, 0) is 32.0 Å². The predicted octanol–water partition coefficient (Wildman–Crippen LogP) is 1.86. The van der Waals surface area contributed by atoms with Crippen molar-refractivity contribution >= 4 is 15.9 Å². The zero-order valence-electron chi connectivity index (χ0n) is 10.6. The number of benzene rings is 1. The van der Waals surface area contributed by atoms with Crippen molar-refractivity contribution in [3.05, 3.63) is 47.8 Å². The van der Waals surface area contributed by atoms with Crippen LogP contribution in [0.4, 0.5) is 4.79 Å². The van der Waals surface area contributed by atoms with Crippen molar-refractivity contribution in [2.24, 2.45) is 5.73 Å². The fourth-order valence-corrected chi connectivity index (χ4v) is 3.34. The van der Waals surface area contributed by atoms with Crippen molar-refractivity contribution in [1.82, 2.24) is 4.57 Å². The third-order valence-electron chi connectivity index (χ3n) is 2.95. The van der Waals surface area contributed by atoms with Crippen LogP contribution in [0.5, 0.6) is 0 Å². The number of primary amides is 1. The molecule has 6 heteroatoms. The normalized spacial score (nSPS) is 11.5. The van der Waals surface area contributed by atoms with Gasteiger partial charge in [0.15, 0.2) is 0 Å². The maximum atomic E-state index is 12.4. The van der Waals surface area contributed by atoms with E-state index in [1.807, 2.05) is 6.92 Å². The third kappa shape index (κ3) is 2.26. The standard InChI is InChI=1S/C13H14N2O3S/c1-9-3-5-11(6-4-9)19(17,18)12-7-8-15(10(12)2)13(14)16/h3-8H,1-2H3,(H2,14,16). The molecule has 0 spiro atoms. The van der Waals surface area contributed by atoms with E-state index in [1.54, 1.807) is 31.2 Å². The fourth-order valence-electron chi connectivity index (χ4n) is 1.86. The van der Waals surface area contributed by atoms with Gasteiger partial charge in [-0.3, -0.25) is 4.57 Å². The summed E-state index contributed by atoms with van der Waals surface area (Å²) in [6, 6.07) is 7.23. The molecule has 2 aromatic rings. The molecule has 0 fully saturated rings. The quantitative estimate of drug-likeness (QED) is 0.910. The number of sulfone groups is 1. The molecule has 0 bridgehead atoms. The van der Waals surface area contributed by atoms with E-state index in [-0.39, 0.29) is 9.79 Å². The Morgan fingerprint density at radius 2 is 1.68 bits per heavy atom. The molecule has 1 aromatic heterocycles. The van der Waals surface area contributed by atoms with E-state index in [0.717, 1.165) is 10.1 Å². The summed E-state index contributed by atoms with van der Waals surface area (Å²) in [4.78, 5) is 11.4. The molecule has 1 amide bonds. The van der Waals surface area contributed by atoms with Gasteiger partial charge in [-0.1, -0.05) is 17.7 Å². The molecule has 0 saturated carbocycles. The number of nitrogens with two attached hydrogens (primary N) is 1. The summed E-state index contributed by atoms with van der Waals surface area (Å²) in [5, 5.41) is 0. The Kier molecular flexibility index (Phi) is 3.20. The summed E-state index contributed by atoms with van der Waals surface area (Å²) in [6.45, 7) is 3.43. The number of carbonyl (C=O) groups is 1. The molecule has 0 radical (unpaired) electrons. The number of aromatic nitrogens is 1. The smallest absolute Gasteiger partial charge is 0.323 e. The van der Waals surface area contributed by atoms with E-state index < -0.39 is 15.9 Å². The van der Waals surface area contributed by atoms with Crippen LogP contribution in [-0.4, -0.2) is 19.0 Å². The SMILES string of the molecule is Cc1ccc(S(=O)(=O)c2ccn(C(N)=O)c2C)cc1. The molecule has 0 aliphatic carbocycles. The molecule has 0 saturated heterocycles. The minimum absolute atomic E-state index is 0.0927. The predicted molar refractivity (Wildman–Crippen MR) is 70.8 cm³/mol. The summed E-state index contributed by atoms with van der Waals surface area (Å²) >= 11 is 0. The lowest BCUT2D eigenvalue weighted by Crippen LogP contribution is -2.20. The van der Waals surface area contributed by atoms with Crippen LogP contribution in [0.25, 0.3) is 0 Å². The second-order valence-electron chi connectivity index (χ2n) is 4.29. The Bertz CT molecular complexity index is 728. The number of aryl methyl sites for hydroxylation is 1. The summed E-state index contributed by atoms with van der Waals surface area (Å²) in [6.07, 6.45) is 1.36. The minimum Gasteiger partial charge on any atom is -0.351 e. The number of hydrogen-bond acceptors (Lipinski definition) is 3. The zero-order chi connectivity index (χ0) is 14.2. The number of hydrogen-bond donors (Lipinski definition) is 1. The van der Waals surface area contributed by atoms with Gasteiger partial charge in [-0.15, -0.1) is 0 Å². The molecule has 2 N–H and O–H groups in total. The van der Waals surface area contributed by atoms with Crippen LogP contribution >= 0.6 is 0 Å². The van der Waals surface area contributed by atoms with E-state index in [2.05, 4.69) is 0 Å². The van der Waals surface area contributed by atoms with E-state index in [4.69, 9.17) is 5.73 Å². The summed E-state index contributed by atoms with van der Waals surface area (Å²) < 4.78 is 26.0. The van der Waals surface area contributed by atoms with Crippen molar-refractivity contribution in [2.75, 3.05) is 0 Å². The van der Waals surface area contributed by atoms with Crippen molar-refractivity contribution in [3.8, 4) is 0 Å². The minimum atomic E-state index is -3.63. The van der Waals surface area contributed by atoms with Gasteiger partial charge >= 0.3 is 6.03 Å². The first-order chi connectivity index (χ1) is 8.84. The summed E-state index contributed by atoms with van der Waals surface area (Å²) in [7, 11) is -3.63. The second kappa shape index (κ2) is 4.55. The zero-order valence-corrected chi connectivity index (χ0v) is 11.4. The summed E-state index contributed by atoms with van der Waals surface area (Å²) in [5.41, 5.74) is 6.45. The molecule has 19 heavy (non-hydrogen) atoms. The van der Waals surface area contributed by atoms with Crippen LogP contribution < -0.4 is 5.73 Å². The van der Waals surface area contributed by atoms with Crippen LogP contribution in [0.3, 0.4) is 0 Å². The van der Waals surface area contributed by atoms with E-state index in [9.17, 15) is 13.2 Å². The molecule has 1 aromatic carbocycles. The number of carbonyl (C=O) groups excluding carboxylic acids is 1. The first kappa shape index (κ1) is 13.4. The molecule has 1 heterocycles. The average Bonchev–Trinajstić information content (AvgIpc) is 2.72. The third-order valence-corrected chi connectivity index (χ3v) is 4.85. The van der Waals surface area contributed by atoms with Gasteiger partial charge in [0.25, 0.3) is 0 Å². The Balaban J connectivity index is 2.57. The highest BCUT2D eigenvalue weighted by Crippen LogP contribution is 2.24. The van der Waals surface area contributed by atoms with Crippen LogP contribution in [-0.2, 0) is 9.84 Å². The van der Waals surface area contributed by atoms with Gasteiger partial charge < -0.3 is 5.73 Å². The Morgan fingerprint density at radius 1 is 1.11 bits per heavy atom. The lowest BCUT2D eigenvalue weighted by molar-refractivity contribution is 0.250. The van der Waals surface area contributed by atoms with Gasteiger partial charge in [0.2, 0.25) is 9.84 Å². The van der Waals surface area contributed by atoms with E-state index in [0.29, 0.717) is 5.69 Å². The first-order valence-electron chi connectivity index (χ1n) is 5.63. The van der Waals surface area contributed by atoms with E-state index in [1.165, 1.54) is 12.3 Å². The number of amides is 1. The Labute approximate surface area is 111 Å². The van der Waals surface area contributed by atoms with Gasteiger partial charge in [-0.25, -0.2) is 13.2 Å². The molecule has 100 valence electrons. The fraction of sp³-hybridized carbons (Fsp3) is 0.154. The van der Waals surface area contributed by atoms with Gasteiger partial charge in [0.1, 0.15) is 0 Å². The van der Waals surface area contributed by atoms with Gasteiger partial charge in [0.05, 0.1) is 9.79 Å². The van der Waals surface area contributed by atoms with Crippen LogP contribution in [0.15, 0.2) is 46.3 Å². The second-order valence-corrected chi connectivity index (χ2v) is 6.21. The number of rotatable bonds is 2. The van der Waals surface area contributed by atoms with Gasteiger partial charge in [-0.2, -0.15) is 0 Å². The van der Waals surface area contributed by atoms with Crippen molar-refractivity contribution in [3.63, 3.8) is 0 Å². The Morgan fingerprint density at radius 3 is 2.16 bits per heavy atom. The number of nitrogens with zero attached hydrogens (tertiary/aromatic N) is 1. The highest BCUT2D eigenvalue weighted by atomic mass is 32.2. The molecular formula is C13H14N2O3S. The first-order valence-corrected chi connectivity index (χ1v) is 7.12. The van der Waals surface area contributed by atoms with Crippen LogP contribution in [0.2, 0.25) is 0 Å².